The summed E-state index contributed by atoms with van der Waals surface area (Å²) in [4.78, 5) is 4.71. The Bertz CT molecular complexity index is 1370. The Morgan fingerprint density at radius 3 is 2.78 bits per heavy atom. The second kappa shape index (κ2) is 9.09. The summed E-state index contributed by atoms with van der Waals surface area (Å²) in [5.74, 6) is 0.0802. The standard InChI is InChI=1S/C30H32FN3O2/c1-36-20-29(35)12-13-30(18-25-7-2-3-14-32-25)23(17-29)6-4-5-21-16-28-22(15-27(21)30)19-33-34(28)26-10-8-24(31)9-11-26/h2-3,7-11,14-16,19,23,35H,4-6,12-13,17-18,20H2,1H3. The molecule has 1 N–H and O–H groups in total. The van der Waals surface area contributed by atoms with E-state index in [2.05, 4.69) is 29.4 Å². The molecule has 36 heavy (non-hydrogen) atoms. The Hall–Kier alpha value is -3.09. The number of fused-ring (bicyclic) bond motifs is 4. The molecule has 0 saturated heterocycles. The van der Waals surface area contributed by atoms with Crippen molar-refractivity contribution >= 4 is 10.9 Å². The van der Waals surface area contributed by atoms with E-state index in [0.29, 0.717) is 18.9 Å². The molecule has 1 saturated carbocycles. The van der Waals surface area contributed by atoms with Crippen molar-refractivity contribution in [1.82, 2.24) is 14.8 Å². The van der Waals surface area contributed by atoms with Crippen molar-refractivity contribution in [3.05, 3.63) is 89.6 Å². The maximum absolute atomic E-state index is 13.5. The van der Waals surface area contributed by atoms with Crippen LogP contribution < -0.4 is 0 Å². The lowest BCUT2D eigenvalue weighted by Gasteiger charge is -2.50. The first-order valence-electron chi connectivity index (χ1n) is 12.9. The minimum absolute atomic E-state index is 0.105. The minimum atomic E-state index is -0.783. The number of methoxy groups -OCH3 is 1. The smallest absolute Gasteiger partial charge is 0.123 e. The first kappa shape index (κ1) is 23.3. The number of pyridine rings is 1. The number of nitrogens with zero attached hydrogens (tertiary/aromatic N) is 3. The molecule has 2 aromatic heterocycles. The van der Waals surface area contributed by atoms with Crippen molar-refractivity contribution in [2.75, 3.05) is 13.7 Å². The number of aliphatic hydroxyl groups is 1. The number of hydrogen-bond donors (Lipinski definition) is 1. The van der Waals surface area contributed by atoms with Crippen LogP contribution >= 0.6 is 0 Å². The van der Waals surface area contributed by atoms with E-state index in [4.69, 9.17) is 9.72 Å². The first-order valence-corrected chi connectivity index (χ1v) is 12.9. The fraction of sp³-hybridized carbons (Fsp3) is 0.400. The quantitative estimate of drug-likeness (QED) is 0.402. The van der Waals surface area contributed by atoms with Crippen LogP contribution in [0.3, 0.4) is 0 Å². The topological polar surface area (TPSA) is 60.2 Å². The number of hydrogen-bond acceptors (Lipinski definition) is 4. The zero-order chi connectivity index (χ0) is 24.8. The van der Waals surface area contributed by atoms with Crippen molar-refractivity contribution in [2.45, 2.75) is 56.0 Å². The molecule has 5 nitrogen and oxygen atoms in total. The normalized spacial score (nSPS) is 25.8. The van der Waals surface area contributed by atoms with Crippen molar-refractivity contribution in [3.8, 4) is 5.69 Å². The van der Waals surface area contributed by atoms with Gasteiger partial charge in [-0.05, 0) is 111 Å². The summed E-state index contributed by atoms with van der Waals surface area (Å²) in [7, 11) is 1.67. The number of ether oxygens (including phenoxy) is 1. The summed E-state index contributed by atoms with van der Waals surface area (Å²) in [6.07, 6.45) is 10.1. The van der Waals surface area contributed by atoms with Crippen LogP contribution in [0.1, 0.15) is 48.9 Å². The van der Waals surface area contributed by atoms with E-state index in [0.717, 1.165) is 60.8 Å². The third-order valence-electron chi connectivity index (χ3n) is 8.48. The molecule has 3 atom stereocenters. The molecule has 0 aliphatic heterocycles. The van der Waals surface area contributed by atoms with Crippen LogP contribution in [0.4, 0.5) is 4.39 Å². The number of halogens is 1. The minimum Gasteiger partial charge on any atom is -0.387 e. The largest absolute Gasteiger partial charge is 0.387 e. The highest BCUT2D eigenvalue weighted by molar-refractivity contribution is 5.82. The molecule has 6 rings (SSSR count). The summed E-state index contributed by atoms with van der Waals surface area (Å²) in [6.45, 7) is 0.375. The molecule has 3 unspecified atom stereocenters. The second-order valence-corrected chi connectivity index (χ2v) is 10.7. The van der Waals surface area contributed by atoms with Crippen LogP contribution in [0.15, 0.2) is 67.0 Å². The van der Waals surface area contributed by atoms with E-state index < -0.39 is 5.60 Å². The Balaban J connectivity index is 1.49. The lowest BCUT2D eigenvalue weighted by Crippen LogP contribution is -2.51. The van der Waals surface area contributed by atoms with Gasteiger partial charge in [-0.2, -0.15) is 5.10 Å². The van der Waals surface area contributed by atoms with Gasteiger partial charge in [0.15, 0.2) is 0 Å². The summed E-state index contributed by atoms with van der Waals surface area (Å²) in [6, 6.07) is 17.3. The number of benzene rings is 2. The van der Waals surface area contributed by atoms with Gasteiger partial charge < -0.3 is 9.84 Å². The van der Waals surface area contributed by atoms with Gasteiger partial charge in [0.25, 0.3) is 0 Å². The molecule has 0 bridgehead atoms. The Labute approximate surface area is 210 Å². The van der Waals surface area contributed by atoms with E-state index in [9.17, 15) is 9.50 Å². The van der Waals surface area contributed by atoms with E-state index in [1.165, 1.54) is 23.3 Å². The molecule has 2 heterocycles. The number of rotatable bonds is 5. The highest BCUT2D eigenvalue weighted by Crippen LogP contribution is 2.54. The molecule has 2 aliphatic carbocycles. The summed E-state index contributed by atoms with van der Waals surface area (Å²) in [5.41, 5.74) is 4.82. The Morgan fingerprint density at radius 2 is 2.00 bits per heavy atom. The number of aromatic nitrogens is 3. The molecule has 2 aromatic carbocycles. The van der Waals surface area contributed by atoms with Crippen molar-refractivity contribution < 1.29 is 14.2 Å². The summed E-state index contributed by atoms with van der Waals surface area (Å²) in [5, 5.41) is 17.1. The molecule has 186 valence electrons. The zero-order valence-electron chi connectivity index (χ0n) is 20.7. The highest BCUT2D eigenvalue weighted by Gasteiger charge is 2.51. The van der Waals surface area contributed by atoms with Crippen molar-refractivity contribution in [1.29, 1.82) is 0 Å². The van der Waals surface area contributed by atoms with E-state index in [-0.39, 0.29) is 11.2 Å². The van der Waals surface area contributed by atoms with Gasteiger partial charge in [0, 0.05) is 29.8 Å². The lowest BCUT2D eigenvalue weighted by molar-refractivity contribution is -0.0899. The van der Waals surface area contributed by atoms with Crippen molar-refractivity contribution in [3.63, 3.8) is 0 Å². The Morgan fingerprint density at radius 1 is 1.14 bits per heavy atom. The van der Waals surface area contributed by atoms with Gasteiger partial charge >= 0.3 is 0 Å². The molecule has 2 aliphatic rings. The third kappa shape index (κ3) is 4.02. The molecule has 4 aromatic rings. The fourth-order valence-electron chi connectivity index (χ4n) is 6.82. The number of aryl methyl sites for hydroxylation is 1. The SMILES string of the molecule is COCC1(O)CCC2(Cc3ccccn3)c3cc4cnn(-c5ccc(F)cc5)c4cc3CCCC2C1. The maximum atomic E-state index is 13.5. The fourth-order valence-corrected chi connectivity index (χ4v) is 6.82. The average Bonchev–Trinajstić information content (AvgIpc) is 3.23. The van der Waals surface area contributed by atoms with E-state index >= 15 is 0 Å². The van der Waals surface area contributed by atoms with Crippen LogP contribution in [0.5, 0.6) is 0 Å². The van der Waals surface area contributed by atoms with Crippen LogP contribution in [0.25, 0.3) is 16.6 Å². The van der Waals surface area contributed by atoms with Gasteiger partial charge in [0.2, 0.25) is 0 Å². The van der Waals surface area contributed by atoms with Gasteiger partial charge in [0.05, 0.1) is 29.6 Å². The highest BCUT2D eigenvalue weighted by atomic mass is 19.1. The van der Waals surface area contributed by atoms with Crippen LogP contribution in [-0.4, -0.2) is 39.2 Å². The molecule has 0 amide bonds. The molecule has 6 heteroatoms. The van der Waals surface area contributed by atoms with Crippen LogP contribution in [0.2, 0.25) is 0 Å². The van der Waals surface area contributed by atoms with E-state index in [1.807, 2.05) is 23.1 Å². The average molecular weight is 486 g/mol. The third-order valence-corrected chi connectivity index (χ3v) is 8.48. The first-order chi connectivity index (χ1) is 17.5. The monoisotopic (exact) mass is 485 g/mol. The predicted octanol–water partition coefficient (Wildman–Crippen LogP) is 5.55. The second-order valence-electron chi connectivity index (χ2n) is 10.7. The van der Waals surface area contributed by atoms with Crippen molar-refractivity contribution in [2.24, 2.45) is 5.92 Å². The molecule has 0 spiro atoms. The van der Waals surface area contributed by atoms with Crippen LogP contribution in [0, 0.1) is 11.7 Å². The van der Waals surface area contributed by atoms with E-state index in [1.54, 1.807) is 19.2 Å². The van der Waals surface area contributed by atoms with Gasteiger partial charge in [-0.15, -0.1) is 0 Å². The van der Waals surface area contributed by atoms with Gasteiger partial charge in [0.1, 0.15) is 5.82 Å². The lowest BCUT2D eigenvalue weighted by atomic mass is 9.56. The predicted molar refractivity (Wildman–Crippen MR) is 138 cm³/mol. The molecule has 0 radical (unpaired) electrons. The van der Waals surface area contributed by atoms with Gasteiger partial charge in [-0.3, -0.25) is 4.98 Å². The Kier molecular flexibility index (Phi) is 5.89. The summed E-state index contributed by atoms with van der Waals surface area (Å²) < 4.78 is 20.9. The molecule has 1 fully saturated rings. The zero-order valence-corrected chi connectivity index (χ0v) is 20.7. The summed E-state index contributed by atoms with van der Waals surface area (Å²) >= 11 is 0. The van der Waals surface area contributed by atoms with Crippen LogP contribution in [-0.2, 0) is 23.0 Å². The molecular weight excluding hydrogens is 453 g/mol. The molecular formula is C30H32FN3O2. The van der Waals surface area contributed by atoms with Gasteiger partial charge in [-0.25, -0.2) is 9.07 Å². The van der Waals surface area contributed by atoms with Gasteiger partial charge in [-0.1, -0.05) is 6.07 Å². The maximum Gasteiger partial charge on any atom is 0.123 e.